The monoisotopic (exact) mass is 222 g/mol. The van der Waals surface area contributed by atoms with Crippen molar-refractivity contribution < 1.29 is 9.53 Å². The van der Waals surface area contributed by atoms with Gasteiger partial charge in [0.1, 0.15) is 0 Å². The second-order valence-electron chi connectivity index (χ2n) is 3.73. The predicted octanol–water partition coefficient (Wildman–Crippen LogP) is 2.20. The van der Waals surface area contributed by atoms with E-state index < -0.39 is 0 Å². The Bertz CT molecular complexity index is 344. The summed E-state index contributed by atoms with van der Waals surface area (Å²) in [5.74, 6) is -0.366. The molecular formula is C12H18N2O2. The molecule has 0 aliphatic rings. The summed E-state index contributed by atoms with van der Waals surface area (Å²) >= 11 is 0. The smallest absolute Gasteiger partial charge is 0.338 e. The molecule has 0 saturated carbocycles. The number of rotatable bonds is 5. The number of anilines is 2. The Labute approximate surface area is 95.6 Å². The zero-order chi connectivity index (χ0) is 12.0. The standard InChI is InChI=1S/C12H18N2O2/c1-2-3-4-5-16-12(15)9-6-10(13)8-11(14)7-9/h6-8H,2-5,13-14H2,1H3. The van der Waals surface area contributed by atoms with E-state index in [1.165, 1.54) is 0 Å². The predicted molar refractivity (Wildman–Crippen MR) is 65.1 cm³/mol. The number of hydrogen-bond acceptors (Lipinski definition) is 4. The zero-order valence-electron chi connectivity index (χ0n) is 9.53. The van der Waals surface area contributed by atoms with Gasteiger partial charge >= 0.3 is 5.97 Å². The number of carbonyl (C=O) groups excluding carboxylic acids is 1. The average Bonchev–Trinajstić information content (AvgIpc) is 2.22. The molecule has 0 atom stereocenters. The summed E-state index contributed by atoms with van der Waals surface area (Å²) in [6.45, 7) is 2.54. The van der Waals surface area contributed by atoms with Gasteiger partial charge < -0.3 is 16.2 Å². The molecule has 0 aromatic heterocycles. The first-order valence-corrected chi connectivity index (χ1v) is 5.46. The summed E-state index contributed by atoms with van der Waals surface area (Å²) in [6, 6.07) is 4.74. The molecule has 4 nitrogen and oxygen atoms in total. The normalized spacial score (nSPS) is 10.1. The maximum absolute atomic E-state index is 11.6. The average molecular weight is 222 g/mol. The van der Waals surface area contributed by atoms with E-state index in [2.05, 4.69) is 6.92 Å². The topological polar surface area (TPSA) is 78.3 Å². The molecule has 4 N–H and O–H groups in total. The van der Waals surface area contributed by atoms with Gasteiger partial charge in [0.2, 0.25) is 0 Å². The van der Waals surface area contributed by atoms with Crippen molar-refractivity contribution in [2.24, 2.45) is 0 Å². The van der Waals surface area contributed by atoms with Crippen LogP contribution in [0.1, 0.15) is 36.5 Å². The number of hydrogen-bond donors (Lipinski definition) is 2. The van der Waals surface area contributed by atoms with Gasteiger partial charge in [-0.3, -0.25) is 0 Å². The molecule has 1 aromatic rings. The van der Waals surface area contributed by atoms with Gasteiger partial charge in [-0.15, -0.1) is 0 Å². The minimum atomic E-state index is -0.366. The van der Waals surface area contributed by atoms with Gasteiger partial charge in [0.15, 0.2) is 0 Å². The highest BCUT2D eigenvalue weighted by atomic mass is 16.5. The fourth-order valence-electron chi connectivity index (χ4n) is 1.39. The maximum atomic E-state index is 11.6. The zero-order valence-corrected chi connectivity index (χ0v) is 9.53. The molecule has 16 heavy (non-hydrogen) atoms. The van der Waals surface area contributed by atoms with Gasteiger partial charge in [0.25, 0.3) is 0 Å². The van der Waals surface area contributed by atoms with Crippen LogP contribution < -0.4 is 11.5 Å². The van der Waals surface area contributed by atoms with Crippen molar-refractivity contribution in [3.05, 3.63) is 23.8 Å². The van der Waals surface area contributed by atoms with Gasteiger partial charge in [0, 0.05) is 11.4 Å². The molecule has 1 aromatic carbocycles. The molecule has 1 rings (SSSR count). The van der Waals surface area contributed by atoms with Gasteiger partial charge in [-0.1, -0.05) is 19.8 Å². The largest absolute Gasteiger partial charge is 0.462 e. The summed E-state index contributed by atoms with van der Waals surface area (Å²) in [6.07, 6.45) is 3.05. The van der Waals surface area contributed by atoms with Crippen molar-refractivity contribution in [1.29, 1.82) is 0 Å². The lowest BCUT2D eigenvalue weighted by molar-refractivity contribution is 0.0498. The summed E-state index contributed by atoms with van der Waals surface area (Å²) < 4.78 is 5.09. The molecule has 0 unspecified atom stereocenters. The Balaban J connectivity index is 2.52. The number of carbonyl (C=O) groups is 1. The first-order valence-electron chi connectivity index (χ1n) is 5.46. The lowest BCUT2D eigenvalue weighted by Crippen LogP contribution is -2.07. The van der Waals surface area contributed by atoms with Crippen molar-refractivity contribution in [3.8, 4) is 0 Å². The lowest BCUT2D eigenvalue weighted by Gasteiger charge is -2.06. The van der Waals surface area contributed by atoms with E-state index in [1.807, 2.05) is 0 Å². The molecule has 88 valence electrons. The molecule has 4 heteroatoms. The lowest BCUT2D eigenvalue weighted by atomic mass is 10.2. The van der Waals surface area contributed by atoms with Crippen LogP contribution in [0, 0.1) is 0 Å². The first-order chi connectivity index (χ1) is 7.63. The molecular weight excluding hydrogens is 204 g/mol. The number of nitrogen functional groups attached to an aromatic ring is 2. The van der Waals surface area contributed by atoms with E-state index in [1.54, 1.807) is 18.2 Å². The van der Waals surface area contributed by atoms with Gasteiger partial charge in [0.05, 0.1) is 12.2 Å². The highest BCUT2D eigenvalue weighted by molar-refractivity contribution is 5.91. The van der Waals surface area contributed by atoms with Crippen LogP contribution >= 0.6 is 0 Å². The third-order valence-electron chi connectivity index (χ3n) is 2.19. The third kappa shape index (κ3) is 3.81. The molecule has 0 radical (unpaired) electrons. The number of nitrogens with two attached hydrogens (primary N) is 2. The van der Waals surface area contributed by atoms with Crippen LogP contribution in [-0.4, -0.2) is 12.6 Å². The van der Waals surface area contributed by atoms with Crippen molar-refractivity contribution >= 4 is 17.3 Å². The highest BCUT2D eigenvalue weighted by Crippen LogP contribution is 2.14. The summed E-state index contributed by atoms with van der Waals surface area (Å²) in [5.41, 5.74) is 12.5. The Morgan fingerprint density at radius 1 is 1.19 bits per heavy atom. The van der Waals surface area contributed by atoms with Crippen molar-refractivity contribution in [2.75, 3.05) is 18.1 Å². The number of ether oxygens (including phenoxy) is 1. The van der Waals surface area contributed by atoms with Crippen LogP contribution in [-0.2, 0) is 4.74 Å². The van der Waals surface area contributed by atoms with E-state index in [9.17, 15) is 4.79 Å². The van der Waals surface area contributed by atoms with Gasteiger partial charge in [-0.05, 0) is 24.6 Å². The van der Waals surface area contributed by atoms with E-state index >= 15 is 0 Å². The number of benzene rings is 1. The van der Waals surface area contributed by atoms with E-state index in [0.29, 0.717) is 23.5 Å². The third-order valence-corrected chi connectivity index (χ3v) is 2.19. The molecule has 0 fully saturated rings. The molecule has 0 bridgehead atoms. The van der Waals surface area contributed by atoms with Crippen LogP contribution in [0.3, 0.4) is 0 Å². The van der Waals surface area contributed by atoms with Crippen LogP contribution in [0.5, 0.6) is 0 Å². The minimum Gasteiger partial charge on any atom is -0.462 e. The van der Waals surface area contributed by atoms with Crippen molar-refractivity contribution in [1.82, 2.24) is 0 Å². The highest BCUT2D eigenvalue weighted by Gasteiger charge is 2.08. The van der Waals surface area contributed by atoms with Crippen LogP contribution in [0.15, 0.2) is 18.2 Å². The molecule has 0 amide bonds. The number of esters is 1. The van der Waals surface area contributed by atoms with Crippen molar-refractivity contribution in [3.63, 3.8) is 0 Å². The second-order valence-corrected chi connectivity index (χ2v) is 3.73. The van der Waals surface area contributed by atoms with Gasteiger partial charge in [-0.25, -0.2) is 4.79 Å². The Morgan fingerprint density at radius 2 is 1.81 bits per heavy atom. The Morgan fingerprint density at radius 3 is 2.38 bits per heavy atom. The quantitative estimate of drug-likeness (QED) is 0.455. The van der Waals surface area contributed by atoms with Crippen LogP contribution in [0.25, 0.3) is 0 Å². The molecule has 0 spiro atoms. The summed E-state index contributed by atoms with van der Waals surface area (Å²) in [4.78, 5) is 11.6. The fourth-order valence-corrected chi connectivity index (χ4v) is 1.39. The minimum absolute atomic E-state index is 0.366. The maximum Gasteiger partial charge on any atom is 0.338 e. The molecule has 0 heterocycles. The van der Waals surface area contributed by atoms with E-state index in [0.717, 1.165) is 19.3 Å². The van der Waals surface area contributed by atoms with Crippen molar-refractivity contribution in [2.45, 2.75) is 26.2 Å². The molecule has 0 aliphatic heterocycles. The van der Waals surface area contributed by atoms with Crippen LogP contribution in [0.2, 0.25) is 0 Å². The summed E-state index contributed by atoms with van der Waals surface area (Å²) in [5, 5.41) is 0. The second kappa shape index (κ2) is 6.00. The molecule has 0 saturated heterocycles. The SMILES string of the molecule is CCCCCOC(=O)c1cc(N)cc(N)c1. The van der Waals surface area contributed by atoms with E-state index in [4.69, 9.17) is 16.2 Å². The van der Waals surface area contributed by atoms with E-state index in [-0.39, 0.29) is 5.97 Å². The van der Waals surface area contributed by atoms with Crippen LogP contribution in [0.4, 0.5) is 11.4 Å². The summed E-state index contributed by atoms with van der Waals surface area (Å²) in [7, 11) is 0. The first kappa shape index (κ1) is 12.4. The van der Waals surface area contributed by atoms with Gasteiger partial charge in [-0.2, -0.15) is 0 Å². The Kier molecular flexibility index (Phi) is 4.64. The molecule has 0 aliphatic carbocycles. The Hall–Kier alpha value is -1.71. The number of unbranched alkanes of at least 4 members (excludes halogenated alkanes) is 2. The fraction of sp³-hybridized carbons (Fsp3) is 0.417.